The average Bonchev–Trinajstić information content (AvgIpc) is 2.70. The van der Waals surface area contributed by atoms with E-state index in [9.17, 15) is 0 Å². The van der Waals surface area contributed by atoms with Crippen molar-refractivity contribution >= 4 is 56.3 Å². The third-order valence-corrected chi connectivity index (χ3v) is 9.81. The van der Waals surface area contributed by atoms with Gasteiger partial charge in [-0.2, -0.15) is 63.8 Å². The van der Waals surface area contributed by atoms with Gasteiger partial charge in [0.15, 0.2) is 0 Å². The fourth-order valence-electron chi connectivity index (χ4n) is 1.12. The average molecular weight is 450 g/mol. The Labute approximate surface area is 155 Å². The first kappa shape index (κ1) is 25.8. The van der Waals surface area contributed by atoms with E-state index < -0.39 is 0 Å². The van der Waals surface area contributed by atoms with Crippen LogP contribution in [0.1, 0.15) is 32.3 Å². The van der Waals surface area contributed by atoms with Crippen LogP contribution >= 0.6 is 56.3 Å². The monoisotopic (exact) mass is 448 g/mol. The maximum Gasteiger partial charge on any atom is 2.00 e. The van der Waals surface area contributed by atoms with Gasteiger partial charge in [0.2, 0.25) is 0 Å². The number of aryl methyl sites for hydroxylation is 4. The van der Waals surface area contributed by atoms with Gasteiger partial charge in [0.25, 0.3) is 0 Å². The molecule has 0 aliphatic heterocycles. The number of hydrogen-bond acceptors (Lipinski definition) is 0. The standard InChI is InChI=1S/2C6H9P2.2ClH.Zr/c2*1-4-5(2)7-8-6(4)3;;;/h2*1-3H3;2*1H;/q2*-1;;;+2. The van der Waals surface area contributed by atoms with Crippen LogP contribution in [0.15, 0.2) is 0 Å². The molecule has 0 N–H and O–H groups in total. The first-order chi connectivity index (χ1) is 7.43. The maximum atomic E-state index is 2.21. The molecule has 2 heterocycles. The maximum absolute atomic E-state index is 2.21. The molecule has 0 amide bonds. The summed E-state index contributed by atoms with van der Waals surface area (Å²) in [5.74, 6) is 0. The van der Waals surface area contributed by atoms with Gasteiger partial charge in [-0.1, -0.05) is 13.8 Å². The molecule has 0 unspecified atom stereocenters. The van der Waals surface area contributed by atoms with Crippen molar-refractivity contribution in [1.29, 1.82) is 0 Å². The molecule has 0 saturated carbocycles. The quantitative estimate of drug-likeness (QED) is 0.359. The van der Waals surface area contributed by atoms with Gasteiger partial charge in [-0.15, -0.1) is 52.5 Å². The van der Waals surface area contributed by atoms with E-state index in [1.807, 2.05) is 0 Å². The van der Waals surface area contributed by atoms with Gasteiger partial charge in [-0.05, 0) is 0 Å². The fraction of sp³-hybridized carbons (Fsp3) is 0.500. The van der Waals surface area contributed by atoms with Crippen molar-refractivity contribution in [2.24, 2.45) is 0 Å². The Morgan fingerprint density at radius 2 is 0.947 bits per heavy atom. The van der Waals surface area contributed by atoms with Gasteiger partial charge < -0.3 is 0 Å². The molecule has 0 aliphatic rings. The first-order valence-corrected chi connectivity index (χ1v) is 10.3. The van der Waals surface area contributed by atoms with Crippen LogP contribution in [-0.4, -0.2) is 0 Å². The molecular formula is C12H20Cl2P4Zr. The van der Waals surface area contributed by atoms with E-state index in [0.29, 0.717) is 0 Å². The van der Waals surface area contributed by atoms with Gasteiger partial charge >= 0.3 is 26.2 Å². The van der Waals surface area contributed by atoms with E-state index in [2.05, 4.69) is 41.5 Å². The minimum absolute atomic E-state index is 0. The summed E-state index contributed by atoms with van der Waals surface area (Å²) in [6, 6.07) is 0. The molecule has 0 bridgehead atoms. The van der Waals surface area contributed by atoms with Crippen LogP contribution in [0.4, 0.5) is 0 Å². The van der Waals surface area contributed by atoms with Crippen molar-refractivity contribution in [3.05, 3.63) is 32.3 Å². The van der Waals surface area contributed by atoms with Gasteiger partial charge in [-0.3, -0.25) is 0 Å². The molecule has 2 rings (SSSR count). The molecule has 0 atom stereocenters. The molecule has 2 aromatic rings. The normalized spacial score (nSPS) is 10.0. The van der Waals surface area contributed by atoms with E-state index in [-0.39, 0.29) is 51.0 Å². The van der Waals surface area contributed by atoms with Crippen LogP contribution in [0.5, 0.6) is 0 Å². The summed E-state index contributed by atoms with van der Waals surface area (Å²) in [7, 11) is 5.97. The van der Waals surface area contributed by atoms with E-state index in [1.165, 1.54) is 42.6 Å². The molecule has 0 aromatic carbocycles. The molecule has 2 aromatic heterocycles. The largest absolute Gasteiger partial charge is 2.00 e. The summed E-state index contributed by atoms with van der Waals surface area (Å²) in [6.45, 7) is 13.2. The van der Waals surface area contributed by atoms with Gasteiger partial charge in [0.1, 0.15) is 0 Å². The fourth-order valence-corrected chi connectivity index (χ4v) is 6.77. The molecule has 0 spiro atoms. The first-order valence-electron chi connectivity index (χ1n) is 5.29. The molecule has 7 heteroatoms. The molecule has 19 heavy (non-hydrogen) atoms. The van der Waals surface area contributed by atoms with E-state index in [0.717, 1.165) is 0 Å². The summed E-state index contributed by atoms with van der Waals surface area (Å²) in [5, 5.41) is 6.18. The minimum atomic E-state index is 0. The summed E-state index contributed by atoms with van der Waals surface area (Å²) in [5.41, 5.74) is 3.04. The summed E-state index contributed by atoms with van der Waals surface area (Å²) in [4.78, 5) is 0. The smallest absolute Gasteiger partial charge is 0.197 e. The predicted molar refractivity (Wildman–Crippen MR) is 97.0 cm³/mol. The van der Waals surface area contributed by atoms with Gasteiger partial charge in [0.05, 0.1) is 0 Å². The molecule has 0 nitrogen and oxygen atoms in total. The molecule has 0 saturated heterocycles. The molecule has 0 fully saturated rings. The Balaban J connectivity index is -0.000000233. The summed E-state index contributed by atoms with van der Waals surface area (Å²) >= 11 is 0. The molecule has 106 valence electrons. The Kier molecular flexibility index (Phi) is 16.9. The number of rotatable bonds is 0. The van der Waals surface area contributed by atoms with Crippen molar-refractivity contribution in [1.82, 2.24) is 0 Å². The van der Waals surface area contributed by atoms with Gasteiger partial charge in [0, 0.05) is 0 Å². The minimum Gasteiger partial charge on any atom is -0.197 e. The van der Waals surface area contributed by atoms with Crippen molar-refractivity contribution in [3.63, 3.8) is 0 Å². The van der Waals surface area contributed by atoms with E-state index >= 15 is 0 Å². The second kappa shape index (κ2) is 12.4. The van der Waals surface area contributed by atoms with Crippen LogP contribution < -0.4 is 0 Å². The van der Waals surface area contributed by atoms with Crippen molar-refractivity contribution < 1.29 is 26.2 Å². The molecule has 0 aliphatic carbocycles. The van der Waals surface area contributed by atoms with E-state index in [4.69, 9.17) is 0 Å². The Morgan fingerprint density at radius 1 is 0.684 bits per heavy atom. The second-order valence-corrected chi connectivity index (χ2v) is 9.87. The third-order valence-electron chi connectivity index (χ3n) is 2.87. The van der Waals surface area contributed by atoms with Crippen LogP contribution in [0.2, 0.25) is 0 Å². The van der Waals surface area contributed by atoms with Crippen LogP contribution in [0.3, 0.4) is 0 Å². The van der Waals surface area contributed by atoms with Crippen LogP contribution in [0, 0.1) is 41.5 Å². The zero-order valence-corrected chi connectivity index (χ0v) is 19.8. The second-order valence-electron chi connectivity index (χ2n) is 3.99. The van der Waals surface area contributed by atoms with Crippen molar-refractivity contribution in [2.45, 2.75) is 41.5 Å². The SMILES string of the molecule is Cc1pp[c-](C)c1C.Cc1pp[c-](C)c1C.Cl.Cl.[Zr+2]. The predicted octanol–water partition coefficient (Wildman–Crippen LogP) is 7.82. The topological polar surface area (TPSA) is 0 Å². The van der Waals surface area contributed by atoms with E-state index in [1.54, 1.807) is 21.2 Å². The van der Waals surface area contributed by atoms with Gasteiger partial charge in [-0.25, -0.2) is 0 Å². The molecule has 0 radical (unpaired) electrons. The summed E-state index contributed by atoms with van der Waals surface area (Å²) in [6.07, 6.45) is 0. The van der Waals surface area contributed by atoms with Crippen LogP contribution in [-0.2, 0) is 26.2 Å². The third kappa shape index (κ3) is 8.18. The van der Waals surface area contributed by atoms with Crippen molar-refractivity contribution in [3.8, 4) is 0 Å². The Hall–Kier alpha value is 1.88. The van der Waals surface area contributed by atoms with Crippen molar-refractivity contribution in [2.75, 3.05) is 0 Å². The molecular weight excluding hydrogens is 430 g/mol. The zero-order chi connectivity index (χ0) is 12.3. The zero-order valence-electron chi connectivity index (χ0n) is 12.1. The number of halogens is 2. The Morgan fingerprint density at radius 3 is 1.00 bits per heavy atom. The van der Waals surface area contributed by atoms with Crippen LogP contribution in [0.25, 0.3) is 0 Å². The summed E-state index contributed by atoms with van der Waals surface area (Å²) < 4.78 is 0. The Bertz CT molecular complexity index is 397. The number of hydrogen-bond donors (Lipinski definition) is 0.